The Bertz CT molecular complexity index is 389. The number of benzene rings is 1. The van der Waals surface area contributed by atoms with Crippen LogP contribution in [0.25, 0.3) is 0 Å². The molecule has 0 unspecified atom stereocenters. The van der Waals surface area contributed by atoms with E-state index in [0.29, 0.717) is 6.04 Å². The van der Waals surface area contributed by atoms with Crippen LogP contribution in [-0.2, 0) is 12.8 Å². The van der Waals surface area contributed by atoms with Crippen LogP contribution in [0.4, 0.5) is 0 Å². The molecule has 1 aliphatic heterocycles. The van der Waals surface area contributed by atoms with Gasteiger partial charge in [-0.25, -0.2) is 0 Å². The van der Waals surface area contributed by atoms with Crippen molar-refractivity contribution < 1.29 is 0 Å². The minimum Gasteiger partial charge on any atom is -0.310 e. The lowest BCUT2D eigenvalue weighted by molar-refractivity contribution is 0.632. The molecule has 1 fully saturated rings. The molecule has 16 heavy (non-hydrogen) atoms. The average Bonchev–Trinajstić information content (AvgIpc) is 2.83. The lowest BCUT2D eigenvalue weighted by Gasteiger charge is -2.23. The minimum atomic E-state index is 0.632. The van der Waals surface area contributed by atoms with Crippen molar-refractivity contribution in [3.63, 3.8) is 0 Å². The molecule has 1 aromatic rings. The maximum absolute atomic E-state index is 3.62. The van der Waals surface area contributed by atoms with Gasteiger partial charge in [-0.3, -0.25) is 0 Å². The fourth-order valence-electron chi connectivity index (χ4n) is 3.36. The molecule has 0 spiro atoms. The highest BCUT2D eigenvalue weighted by molar-refractivity contribution is 5.43. The Labute approximate surface area is 98.3 Å². The zero-order valence-corrected chi connectivity index (χ0v) is 10.2. The molecule has 0 bridgehead atoms. The maximum Gasteiger partial charge on any atom is 0.0323 e. The first-order chi connectivity index (χ1) is 7.86. The van der Waals surface area contributed by atoms with Gasteiger partial charge in [0.25, 0.3) is 0 Å². The summed E-state index contributed by atoms with van der Waals surface area (Å²) < 4.78 is 0. The van der Waals surface area contributed by atoms with Gasteiger partial charge in [0, 0.05) is 6.04 Å². The molecule has 1 heterocycles. The molecular weight excluding hydrogens is 194 g/mol. The number of rotatable bonds is 1. The highest BCUT2D eigenvalue weighted by Crippen LogP contribution is 2.32. The smallest absolute Gasteiger partial charge is 0.0323 e. The van der Waals surface area contributed by atoms with Crippen molar-refractivity contribution >= 4 is 0 Å². The van der Waals surface area contributed by atoms with E-state index in [4.69, 9.17) is 0 Å². The molecule has 1 nitrogen and oxygen atoms in total. The molecule has 1 atom stereocenters. The lowest BCUT2D eigenvalue weighted by Crippen LogP contribution is -2.16. The lowest BCUT2D eigenvalue weighted by atomic mass is 9.85. The second kappa shape index (κ2) is 4.21. The average molecular weight is 215 g/mol. The summed E-state index contributed by atoms with van der Waals surface area (Å²) in [7, 11) is 0. The van der Waals surface area contributed by atoms with E-state index in [9.17, 15) is 0 Å². The third-order valence-electron chi connectivity index (χ3n) is 4.30. The Hall–Kier alpha value is -0.820. The highest BCUT2D eigenvalue weighted by atomic mass is 14.9. The minimum absolute atomic E-state index is 0.632. The van der Waals surface area contributed by atoms with Gasteiger partial charge in [0.15, 0.2) is 0 Å². The molecule has 1 aliphatic carbocycles. The molecule has 1 heteroatoms. The Morgan fingerprint density at radius 2 is 2.00 bits per heavy atom. The van der Waals surface area contributed by atoms with Crippen LogP contribution in [0.15, 0.2) is 12.1 Å². The molecule has 86 valence electrons. The molecule has 0 radical (unpaired) electrons. The molecule has 3 rings (SSSR count). The van der Waals surface area contributed by atoms with Gasteiger partial charge in [-0.05, 0) is 74.2 Å². The monoisotopic (exact) mass is 215 g/mol. The van der Waals surface area contributed by atoms with Crippen LogP contribution in [0.3, 0.4) is 0 Å². The molecular formula is C15H21N. The summed E-state index contributed by atoms with van der Waals surface area (Å²) in [6.45, 7) is 3.53. The maximum atomic E-state index is 3.62. The largest absolute Gasteiger partial charge is 0.310 e. The quantitative estimate of drug-likeness (QED) is 0.758. The first-order valence-corrected chi connectivity index (χ1v) is 6.71. The van der Waals surface area contributed by atoms with E-state index in [1.807, 2.05) is 0 Å². The molecule has 2 aliphatic rings. The Kier molecular flexibility index (Phi) is 2.72. The summed E-state index contributed by atoms with van der Waals surface area (Å²) in [5, 5.41) is 3.62. The van der Waals surface area contributed by atoms with Gasteiger partial charge in [-0.2, -0.15) is 0 Å². The van der Waals surface area contributed by atoms with E-state index in [-0.39, 0.29) is 0 Å². The van der Waals surface area contributed by atoms with Gasteiger partial charge in [0.05, 0.1) is 0 Å². The first kappa shape index (κ1) is 10.3. The van der Waals surface area contributed by atoms with Crippen LogP contribution in [-0.4, -0.2) is 6.54 Å². The van der Waals surface area contributed by atoms with Crippen molar-refractivity contribution in [3.8, 4) is 0 Å². The van der Waals surface area contributed by atoms with Crippen molar-refractivity contribution in [1.29, 1.82) is 0 Å². The van der Waals surface area contributed by atoms with Crippen LogP contribution in [0.2, 0.25) is 0 Å². The summed E-state index contributed by atoms with van der Waals surface area (Å²) in [5.41, 5.74) is 6.43. The van der Waals surface area contributed by atoms with Crippen molar-refractivity contribution in [1.82, 2.24) is 5.32 Å². The van der Waals surface area contributed by atoms with Crippen molar-refractivity contribution in [2.45, 2.75) is 51.5 Å². The van der Waals surface area contributed by atoms with E-state index in [0.717, 1.165) is 0 Å². The zero-order chi connectivity index (χ0) is 11.0. The summed E-state index contributed by atoms with van der Waals surface area (Å²) in [6.07, 6.45) is 8.03. The summed E-state index contributed by atoms with van der Waals surface area (Å²) >= 11 is 0. The van der Waals surface area contributed by atoms with Gasteiger partial charge in [0.1, 0.15) is 0 Å². The summed E-state index contributed by atoms with van der Waals surface area (Å²) in [4.78, 5) is 0. The number of nitrogens with one attached hydrogen (secondary N) is 1. The third kappa shape index (κ3) is 1.67. The Balaban J connectivity index is 1.99. The first-order valence-electron chi connectivity index (χ1n) is 6.71. The van der Waals surface area contributed by atoms with Gasteiger partial charge >= 0.3 is 0 Å². The van der Waals surface area contributed by atoms with E-state index >= 15 is 0 Å². The van der Waals surface area contributed by atoms with Gasteiger partial charge < -0.3 is 5.32 Å². The SMILES string of the molecule is Cc1c([C@H]2CCCN2)ccc2c1CCCC2. The van der Waals surface area contributed by atoms with Gasteiger partial charge in [-0.1, -0.05) is 12.1 Å². The molecule has 0 saturated carbocycles. The second-order valence-electron chi connectivity index (χ2n) is 5.27. The Morgan fingerprint density at radius 3 is 2.81 bits per heavy atom. The van der Waals surface area contributed by atoms with Crippen LogP contribution in [0, 0.1) is 6.92 Å². The molecule has 0 amide bonds. The summed E-state index contributed by atoms with van der Waals surface area (Å²) in [6, 6.07) is 5.39. The molecule has 1 aromatic carbocycles. The van der Waals surface area contributed by atoms with Crippen molar-refractivity contribution in [2.24, 2.45) is 0 Å². The normalized spacial score (nSPS) is 24.4. The zero-order valence-electron chi connectivity index (χ0n) is 10.2. The Morgan fingerprint density at radius 1 is 1.12 bits per heavy atom. The standard InChI is InChI=1S/C15H21N/c1-11-13-6-3-2-5-12(13)8-9-14(11)15-7-4-10-16-15/h8-9,15-16H,2-7,10H2,1H3/t15-/m1/s1. The summed E-state index contributed by atoms with van der Waals surface area (Å²) in [5.74, 6) is 0. The number of hydrogen-bond donors (Lipinski definition) is 1. The van der Waals surface area contributed by atoms with Gasteiger partial charge in [0.2, 0.25) is 0 Å². The number of hydrogen-bond acceptors (Lipinski definition) is 1. The molecule has 0 aromatic heterocycles. The topological polar surface area (TPSA) is 12.0 Å². The predicted octanol–water partition coefficient (Wildman–Crippen LogP) is 3.30. The van der Waals surface area contributed by atoms with E-state index in [2.05, 4.69) is 24.4 Å². The molecule has 1 N–H and O–H groups in total. The second-order valence-corrected chi connectivity index (χ2v) is 5.27. The van der Waals surface area contributed by atoms with Crippen LogP contribution < -0.4 is 5.32 Å². The van der Waals surface area contributed by atoms with Gasteiger partial charge in [-0.15, -0.1) is 0 Å². The predicted molar refractivity (Wildman–Crippen MR) is 67.8 cm³/mol. The van der Waals surface area contributed by atoms with Crippen LogP contribution in [0.1, 0.15) is 54.0 Å². The van der Waals surface area contributed by atoms with Crippen LogP contribution >= 0.6 is 0 Å². The van der Waals surface area contributed by atoms with E-state index < -0.39 is 0 Å². The fourth-order valence-corrected chi connectivity index (χ4v) is 3.36. The van der Waals surface area contributed by atoms with Crippen LogP contribution in [0.5, 0.6) is 0 Å². The highest BCUT2D eigenvalue weighted by Gasteiger charge is 2.21. The van der Waals surface area contributed by atoms with Crippen molar-refractivity contribution in [2.75, 3.05) is 6.54 Å². The molecule has 1 saturated heterocycles. The number of fused-ring (bicyclic) bond motifs is 1. The van der Waals surface area contributed by atoms with E-state index in [1.165, 1.54) is 45.1 Å². The third-order valence-corrected chi connectivity index (χ3v) is 4.30. The van der Waals surface area contributed by atoms with E-state index in [1.54, 1.807) is 22.3 Å². The van der Waals surface area contributed by atoms with Crippen molar-refractivity contribution in [3.05, 3.63) is 34.4 Å². The fraction of sp³-hybridized carbons (Fsp3) is 0.600. The number of aryl methyl sites for hydroxylation is 1.